The van der Waals surface area contributed by atoms with Gasteiger partial charge in [0.15, 0.2) is 0 Å². The van der Waals surface area contributed by atoms with Crippen molar-refractivity contribution in [2.45, 2.75) is 303 Å². The van der Waals surface area contributed by atoms with Crippen LogP contribution < -0.4 is 10.2 Å². The second-order valence-electron chi connectivity index (χ2n) is 23.3. The Kier molecular flexibility index (Phi) is 56.3. The lowest BCUT2D eigenvalue weighted by Gasteiger charge is -2.30. The number of hydrogen-bond acceptors (Lipinski definition) is 7. The number of allylic oxidation sites excluding steroid dienone is 13. The van der Waals surface area contributed by atoms with Gasteiger partial charge in [0.25, 0.3) is 7.82 Å². The van der Waals surface area contributed by atoms with Gasteiger partial charge in [0.1, 0.15) is 19.3 Å². The van der Waals surface area contributed by atoms with Gasteiger partial charge in [0.05, 0.1) is 33.8 Å². The minimum absolute atomic E-state index is 0.0295. The minimum atomic E-state index is -4.71. The molecule has 1 N–H and O–H groups in total. The van der Waals surface area contributed by atoms with Crippen molar-refractivity contribution in [3.8, 4) is 0 Å². The molecule has 0 aromatic heterocycles. The number of nitrogens with one attached hydrogen (secondary N) is 1. The van der Waals surface area contributed by atoms with Crippen LogP contribution in [0, 0.1) is 0 Å². The van der Waals surface area contributed by atoms with Crippen molar-refractivity contribution in [2.75, 3.05) is 40.9 Å². The Balaban J connectivity index is 5.28. The molecule has 79 heavy (non-hydrogen) atoms. The van der Waals surface area contributed by atoms with Crippen LogP contribution >= 0.6 is 7.82 Å². The predicted molar refractivity (Wildman–Crippen MR) is 339 cm³/mol. The molecular weight excluding hydrogens is 1000 g/mol. The first-order valence-corrected chi connectivity index (χ1v) is 34.4. The number of nitrogens with zero attached hydrogens (tertiary/aromatic N) is 1. The second-order valence-corrected chi connectivity index (χ2v) is 24.7. The summed E-state index contributed by atoms with van der Waals surface area (Å²) in [6.07, 6.45) is 76.8. The van der Waals surface area contributed by atoms with Gasteiger partial charge < -0.3 is 28.5 Å². The lowest BCUT2D eigenvalue weighted by atomic mass is 10.0. The van der Waals surface area contributed by atoms with Crippen molar-refractivity contribution in [3.05, 3.63) is 85.1 Å². The van der Waals surface area contributed by atoms with Crippen LogP contribution in [-0.4, -0.2) is 69.4 Å². The zero-order valence-electron chi connectivity index (χ0n) is 52.3. The van der Waals surface area contributed by atoms with Crippen molar-refractivity contribution in [1.29, 1.82) is 0 Å². The SMILES string of the molecule is CCCCC/C=C\C/C=C\C/C=C\C/C=C\CCCCCCCC(=O)OC(/C=C/CCCCCCCCCCCCC)C(COP(=O)([O-])OCC[N+](C)(C)C)NC(=O)CCCCCCCCCCC/C=C\C/C=C\CCCCC. The monoisotopic (exact) mass is 1120 g/mol. The maximum absolute atomic E-state index is 13.6. The summed E-state index contributed by atoms with van der Waals surface area (Å²) < 4.78 is 30.4. The van der Waals surface area contributed by atoms with E-state index in [0.29, 0.717) is 23.9 Å². The fourth-order valence-electron chi connectivity index (χ4n) is 9.18. The molecule has 0 saturated carbocycles. The fraction of sp³-hybridized carbons (Fsp3) is 0.768. The number of phosphoric ester groups is 1. The lowest BCUT2D eigenvalue weighted by molar-refractivity contribution is -0.870. The van der Waals surface area contributed by atoms with Crippen molar-refractivity contribution >= 4 is 19.7 Å². The third-order valence-corrected chi connectivity index (χ3v) is 15.3. The Morgan fingerprint density at radius 2 is 0.772 bits per heavy atom. The summed E-state index contributed by atoms with van der Waals surface area (Å²) in [6, 6.07) is -0.903. The molecule has 10 heteroatoms. The molecule has 0 rings (SSSR count). The lowest BCUT2D eigenvalue weighted by Crippen LogP contribution is -2.47. The number of amides is 1. The molecule has 0 aliphatic carbocycles. The van der Waals surface area contributed by atoms with E-state index < -0.39 is 26.6 Å². The molecule has 0 aliphatic heterocycles. The summed E-state index contributed by atoms with van der Waals surface area (Å²) in [7, 11) is 1.17. The number of ether oxygens (including phenoxy) is 1. The van der Waals surface area contributed by atoms with Crippen LogP contribution in [0.4, 0.5) is 0 Å². The number of unbranched alkanes of at least 4 members (excludes halogenated alkanes) is 31. The van der Waals surface area contributed by atoms with Crippen molar-refractivity contribution in [1.82, 2.24) is 5.32 Å². The van der Waals surface area contributed by atoms with Gasteiger partial charge in [0.2, 0.25) is 5.91 Å². The molecule has 1 amide bonds. The molecule has 0 aromatic carbocycles. The number of hydrogen-bond donors (Lipinski definition) is 1. The highest BCUT2D eigenvalue weighted by Gasteiger charge is 2.27. The van der Waals surface area contributed by atoms with Gasteiger partial charge in [-0.1, -0.05) is 254 Å². The van der Waals surface area contributed by atoms with E-state index in [1.54, 1.807) is 0 Å². The molecule has 0 aromatic rings. The Bertz CT molecular complexity index is 1630. The summed E-state index contributed by atoms with van der Waals surface area (Å²) in [6.45, 7) is 6.79. The van der Waals surface area contributed by atoms with Gasteiger partial charge in [-0.2, -0.15) is 0 Å². The Morgan fingerprint density at radius 1 is 0.443 bits per heavy atom. The van der Waals surface area contributed by atoms with Crippen LogP contribution in [0.15, 0.2) is 85.1 Å². The van der Waals surface area contributed by atoms with Crippen LogP contribution in [0.25, 0.3) is 0 Å². The van der Waals surface area contributed by atoms with Crippen molar-refractivity contribution in [3.63, 3.8) is 0 Å². The first kappa shape index (κ1) is 76.2. The van der Waals surface area contributed by atoms with Crippen LogP contribution in [0.3, 0.4) is 0 Å². The van der Waals surface area contributed by atoms with E-state index in [2.05, 4.69) is 99.0 Å². The predicted octanol–water partition coefficient (Wildman–Crippen LogP) is 19.9. The topological polar surface area (TPSA) is 114 Å². The molecule has 9 nitrogen and oxygen atoms in total. The summed E-state index contributed by atoms with van der Waals surface area (Å²) in [5.41, 5.74) is 0. The smallest absolute Gasteiger partial charge is 0.306 e. The zero-order chi connectivity index (χ0) is 57.9. The number of phosphoric acid groups is 1. The van der Waals surface area contributed by atoms with Crippen LogP contribution in [0.1, 0.15) is 290 Å². The Labute approximate surface area is 488 Å². The maximum Gasteiger partial charge on any atom is 0.306 e. The fourth-order valence-corrected chi connectivity index (χ4v) is 9.91. The number of quaternary nitrogens is 1. The van der Waals surface area contributed by atoms with E-state index in [1.807, 2.05) is 33.3 Å². The molecule has 0 saturated heterocycles. The molecule has 0 radical (unpaired) electrons. The summed E-state index contributed by atoms with van der Waals surface area (Å²) in [4.78, 5) is 40.1. The molecule has 0 spiro atoms. The highest BCUT2D eigenvalue weighted by Crippen LogP contribution is 2.38. The van der Waals surface area contributed by atoms with Crippen LogP contribution in [0.5, 0.6) is 0 Å². The maximum atomic E-state index is 13.6. The Hall–Kier alpha value is -2.81. The van der Waals surface area contributed by atoms with Gasteiger partial charge in [-0.3, -0.25) is 14.2 Å². The van der Waals surface area contributed by atoms with E-state index in [1.165, 1.54) is 141 Å². The molecule has 3 unspecified atom stereocenters. The van der Waals surface area contributed by atoms with Crippen LogP contribution in [0.2, 0.25) is 0 Å². The first-order chi connectivity index (χ1) is 38.4. The van der Waals surface area contributed by atoms with Crippen molar-refractivity contribution < 1.29 is 37.3 Å². The molecule has 0 bridgehead atoms. The van der Waals surface area contributed by atoms with E-state index in [4.69, 9.17) is 13.8 Å². The molecule has 0 fully saturated rings. The number of esters is 1. The summed E-state index contributed by atoms with van der Waals surface area (Å²) in [5, 5.41) is 3.03. The van der Waals surface area contributed by atoms with E-state index in [-0.39, 0.29) is 24.9 Å². The largest absolute Gasteiger partial charge is 0.756 e. The third kappa shape index (κ3) is 59.6. The van der Waals surface area contributed by atoms with Gasteiger partial charge in [-0.05, 0) is 109 Å². The number of likely N-dealkylation sites (N-methyl/N-ethyl adjacent to an activating group) is 1. The summed E-state index contributed by atoms with van der Waals surface area (Å²) in [5.74, 6) is -0.564. The highest BCUT2D eigenvalue weighted by atomic mass is 31.2. The molecule has 458 valence electrons. The third-order valence-electron chi connectivity index (χ3n) is 14.3. The van der Waals surface area contributed by atoms with Gasteiger partial charge in [-0.25, -0.2) is 0 Å². The first-order valence-electron chi connectivity index (χ1n) is 32.9. The van der Waals surface area contributed by atoms with Gasteiger partial charge in [0, 0.05) is 12.8 Å². The van der Waals surface area contributed by atoms with Crippen molar-refractivity contribution in [2.24, 2.45) is 0 Å². The average molecular weight is 1130 g/mol. The second kappa shape index (κ2) is 58.4. The summed E-state index contributed by atoms with van der Waals surface area (Å²) >= 11 is 0. The molecule has 0 heterocycles. The van der Waals surface area contributed by atoms with E-state index in [9.17, 15) is 19.0 Å². The number of rotatable bonds is 59. The minimum Gasteiger partial charge on any atom is -0.756 e. The van der Waals surface area contributed by atoms with Gasteiger partial charge in [-0.15, -0.1) is 0 Å². The van der Waals surface area contributed by atoms with E-state index >= 15 is 0 Å². The number of carbonyl (C=O) groups is 2. The zero-order valence-corrected chi connectivity index (χ0v) is 53.2. The molecular formula is C69H125N2O7P. The molecule has 0 aliphatic rings. The van der Waals surface area contributed by atoms with Crippen LogP contribution in [-0.2, 0) is 27.9 Å². The van der Waals surface area contributed by atoms with Gasteiger partial charge >= 0.3 is 5.97 Å². The standard InChI is InChI=1S/C69H125N2O7P/c1-7-10-13-16-19-22-25-28-30-32-34-35-37-39-41-44-47-50-53-56-59-62-69(73)78-67(60-57-54-51-48-45-42-27-24-21-18-15-12-9-3)66(65-77-79(74,75)76-64-63-71(4,5)6)70-68(72)61-58-55-52-49-46-43-40-38-36-33-31-29-26-23-20-17-14-11-8-2/h19-20,22-23,28-31,34-35,39,41,57,60,66-67H,7-18,21,24-27,32-33,36-38,40,42-56,58-59,61-65H2,1-6H3,(H-,70,72,74,75)/b22-19-,23-20-,30-28-,31-29-,35-34-,41-39-,60-57+. The normalized spacial score (nSPS) is 14.2. The Morgan fingerprint density at radius 3 is 1.18 bits per heavy atom. The van der Waals surface area contributed by atoms with E-state index in [0.717, 1.165) is 109 Å². The number of carbonyl (C=O) groups excluding carboxylic acids is 2. The highest BCUT2D eigenvalue weighted by molar-refractivity contribution is 7.45. The quantitative estimate of drug-likeness (QED) is 0.0212. The average Bonchev–Trinajstić information content (AvgIpc) is 3.41. The molecule has 3 atom stereocenters.